The summed E-state index contributed by atoms with van der Waals surface area (Å²) in [4.78, 5) is 31.1. The van der Waals surface area contributed by atoms with Gasteiger partial charge in [-0.2, -0.15) is 0 Å². The van der Waals surface area contributed by atoms with Gasteiger partial charge in [0.1, 0.15) is 0 Å². The normalized spacial score (nSPS) is 15.8. The molecule has 0 aliphatic carbocycles. The third-order valence-corrected chi connectivity index (χ3v) is 20.0. The molecule has 3 N–H and O–H groups in total. The first kappa shape index (κ1) is 39.7. The van der Waals surface area contributed by atoms with Gasteiger partial charge in [-0.1, -0.05) is 0 Å². The summed E-state index contributed by atoms with van der Waals surface area (Å²) >= 11 is 0. The van der Waals surface area contributed by atoms with Gasteiger partial charge in [0.05, 0.1) is 0 Å². The van der Waals surface area contributed by atoms with Crippen LogP contribution in [0.5, 0.6) is 0 Å². The average molecular weight is 549 g/mol. The Morgan fingerprint density at radius 2 is 0.559 bits per heavy atom. The third kappa shape index (κ3) is 20.3. The third-order valence-electron chi connectivity index (χ3n) is 7.59. The van der Waals surface area contributed by atoms with Crippen LogP contribution in [-0.4, -0.2) is 90.6 Å². The quantitative estimate of drug-likeness (QED) is 0.169. The maximum atomic E-state index is 11.6. The van der Waals surface area contributed by atoms with E-state index in [0.717, 1.165) is 49.3 Å². The topological polar surface area (TPSA) is 60.7 Å². The number of rotatable bonds is 16. The molecule has 0 amide bonds. The van der Waals surface area contributed by atoms with E-state index in [9.17, 15) is 9.79 Å². The number of unbranched alkanes of at least 4 members (excludes halogenated alkanes) is 4. The molecule has 0 saturated heterocycles. The molecular weight excluding hydrogens is 477 g/mol. The minimum absolute atomic E-state index is 0.995. The van der Waals surface area contributed by atoms with E-state index in [2.05, 4.69) is 55.4 Å². The van der Waals surface area contributed by atoms with Gasteiger partial charge in [-0.25, -0.2) is 0 Å². The molecule has 0 radical (unpaired) electrons. The van der Waals surface area contributed by atoms with Crippen LogP contribution in [0.1, 0.15) is 107 Å². The van der Waals surface area contributed by atoms with E-state index in [0.29, 0.717) is 0 Å². The van der Waals surface area contributed by atoms with Gasteiger partial charge in [0.15, 0.2) is 0 Å². The molecule has 0 atom stereocenters. The summed E-state index contributed by atoms with van der Waals surface area (Å²) in [7, 11) is 0. The zero-order valence-corrected chi connectivity index (χ0v) is 28.7. The van der Waals surface area contributed by atoms with Crippen LogP contribution in [0.4, 0.5) is 0 Å². The molecule has 34 heavy (non-hydrogen) atoms. The SMILES string of the molecule is CCCCP(O)(CCCC)(CCCC)CCCC.CCP(O)(CC)(CC)CC.CP(C)(C)(C)O. The second-order valence-electron chi connectivity index (χ2n) is 12.9. The van der Waals surface area contributed by atoms with Gasteiger partial charge in [0, 0.05) is 0 Å². The second kappa shape index (κ2) is 16.9. The fourth-order valence-electron chi connectivity index (χ4n) is 4.27. The van der Waals surface area contributed by atoms with Crippen molar-refractivity contribution >= 4 is 20.5 Å². The molecule has 0 rings (SSSR count). The Balaban J connectivity index is -0.000000501. The molecule has 0 aliphatic heterocycles. The Bertz CT molecular complexity index is 425. The number of hydrogen-bond donors (Lipinski definition) is 3. The molecule has 216 valence electrons. The van der Waals surface area contributed by atoms with Crippen LogP contribution >= 0.6 is 20.5 Å². The Hall–Kier alpha value is 1.17. The van der Waals surface area contributed by atoms with Gasteiger partial charge in [-0.15, -0.1) is 0 Å². The van der Waals surface area contributed by atoms with E-state index in [1.54, 1.807) is 0 Å². The van der Waals surface area contributed by atoms with Crippen LogP contribution in [0.15, 0.2) is 0 Å². The Kier molecular flexibility index (Phi) is 19.7. The molecule has 0 saturated carbocycles. The average Bonchev–Trinajstić information content (AvgIpc) is 2.78. The van der Waals surface area contributed by atoms with E-state index in [1.165, 1.54) is 51.4 Å². The molecule has 0 fully saturated rings. The van der Waals surface area contributed by atoms with Crippen molar-refractivity contribution in [2.24, 2.45) is 0 Å². The van der Waals surface area contributed by atoms with Gasteiger partial charge in [0.25, 0.3) is 0 Å². The molecule has 0 aromatic carbocycles. The van der Waals surface area contributed by atoms with Crippen molar-refractivity contribution in [3.63, 3.8) is 0 Å². The Morgan fingerprint density at radius 1 is 0.382 bits per heavy atom. The van der Waals surface area contributed by atoms with Gasteiger partial charge >= 0.3 is 218 Å². The van der Waals surface area contributed by atoms with Crippen LogP contribution in [0.2, 0.25) is 0 Å². The van der Waals surface area contributed by atoms with Crippen molar-refractivity contribution in [1.82, 2.24) is 0 Å². The summed E-state index contributed by atoms with van der Waals surface area (Å²) in [5.41, 5.74) is 0. The first-order valence-corrected chi connectivity index (χ1v) is 24.4. The van der Waals surface area contributed by atoms with Gasteiger partial charge in [-0.3, -0.25) is 0 Å². The van der Waals surface area contributed by atoms with Crippen molar-refractivity contribution in [1.29, 1.82) is 0 Å². The zero-order chi connectivity index (χ0) is 27.7. The van der Waals surface area contributed by atoms with Crippen molar-refractivity contribution in [3.8, 4) is 0 Å². The van der Waals surface area contributed by atoms with Crippen LogP contribution in [0, 0.1) is 0 Å². The van der Waals surface area contributed by atoms with Crippen molar-refractivity contribution < 1.29 is 14.7 Å². The molecular formula is C28H71O3P3. The first-order valence-electron chi connectivity index (χ1n) is 14.6. The number of hydrogen-bond acceptors (Lipinski definition) is 3. The van der Waals surface area contributed by atoms with Crippen molar-refractivity contribution in [2.75, 3.05) is 76.0 Å². The summed E-state index contributed by atoms with van der Waals surface area (Å²) in [6.45, 7) is 18.5. The summed E-state index contributed by atoms with van der Waals surface area (Å²) in [5, 5.41) is 0. The minimum atomic E-state index is -2.36. The fraction of sp³-hybridized carbons (Fsp3) is 1.00. The van der Waals surface area contributed by atoms with E-state index in [1.807, 2.05) is 26.7 Å². The predicted molar refractivity (Wildman–Crippen MR) is 172 cm³/mol. The van der Waals surface area contributed by atoms with Crippen LogP contribution in [0.3, 0.4) is 0 Å². The molecule has 0 aliphatic rings. The molecule has 0 aromatic heterocycles. The summed E-state index contributed by atoms with van der Waals surface area (Å²) in [5.74, 6) is 0. The van der Waals surface area contributed by atoms with Crippen LogP contribution in [-0.2, 0) is 0 Å². The molecule has 0 unspecified atom stereocenters. The monoisotopic (exact) mass is 548 g/mol. The van der Waals surface area contributed by atoms with E-state index >= 15 is 0 Å². The summed E-state index contributed by atoms with van der Waals surface area (Å²) < 4.78 is 0. The van der Waals surface area contributed by atoms with E-state index in [4.69, 9.17) is 4.89 Å². The van der Waals surface area contributed by atoms with Crippen LogP contribution < -0.4 is 0 Å². The Labute approximate surface area is 217 Å². The van der Waals surface area contributed by atoms with Crippen molar-refractivity contribution in [2.45, 2.75) is 107 Å². The first-order chi connectivity index (χ1) is 15.3. The Morgan fingerprint density at radius 3 is 0.647 bits per heavy atom. The molecule has 3 nitrogen and oxygen atoms in total. The summed E-state index contributed by atoms with van der Waals surface area (Å²) in [6, 6.07) is 0. The van der Waals surface area contributed by atoms with Gasteiger partial charge in [-0.05, 0) is 0 Å². The standard InChI is InChI=1S/C16H37OP.C8H21OP.C4H13OP/c1-5-9-13-18(17,14-10-6-2,15-11-7-3)16-12-8-4;1-5-10(9,6-2,7-3)8-4;1-6(2,3,4)5/h17H,5-16H2,1-4H3;9H,5-8H2,1-4H3;5H,1-4H3. The molecule has 6 heteroatoms. The molecule has 0 heterocycles. The summed E-state index contributed by atoms with van der Waals surface area (Å²) in [6.07, 6.45) is 18.4. The maximum absolute atomic E-state index is 11.6. The van der Waals surface area contributed by atoms with E-state index in [-0.39, 0.29) is 0 Å². The van der Waals surface area contributed by atoms with E-state index < -0.39 is 20.5 Å². The van der Waals surface area contributed by atoms with Gasteiger partial charge in [0.2, 0.25) is 0 Å². The second-order valence-corrected chi connectivity index (χ2v) is 31.8. The predicted octanol–water partition coefficient (Wildman–Crippen LogP) is 9.14. The zero-order valence-electron chi connectivity index (χ0n) is 26.0. The molecule has 0 spiro atoms. The molecule has 0 bridgehead atoms. The van der Waals surface area contributed by atoms with Crippen molar-refractivity contribution in [3.05, 3.63) is 0 Å². The molecule has 0 aromatic rings. The van der Waals surface area contributed by atoms with Gasteiger partial charge < -0.3 is 0 Å². The van der Waals surface area contributed by atoms with Crippen LogP contribution in [0.25, 0.3) is 0 Å². The fourth-order valence-corrected chi connectivity index (χ4v) is 12.8.